The van der Waals surface area contributed by atoms with Crippen LogP contribution in [0.2, 0.25) is 0 Å². The molecule has 2 atom stereocenters. The van der Waals surface area contributed by atoms with E-state index in [4.69, 9.17) is 9.72 Å². The van der Waals surface area contributed by atoms with Gasteiger partial charge in [0.05, 0.1) is 29.6 Å². The maximum atomic E-state index is 13.2. The van der Waals surface area contributed by atoms with Crippen LogP contribution >= 0.6 is 0 Å². The molecule has 1 saturated heterocycles. The molecule has 6 rings (SSSR count). The third kappa shape index (κ3) is 4.05. The van der Waals surface area contributed by atoms with Crippen molar-refractivity contribution in [2.45, 2.75) is 75.6 Å². The fourth-order valence-electron chi connectivity index (χ4n) is 5.44. The molecular formula is C25H28F3N5O2. The second-order valence-electron chi connectivity index (χ2n) is 10.3. The molecule has 10 heteroatoms. The maximum Gasteiger partial charge on any atom is 0.391 e. The standard InChI is InChI=1S/C25H28F3N5O2/c1-13-30-23-22(24(34)32(13)2)19(15-7-17(8-15)25(26,27)28)10-20(31-23)14-5-6-35-21(9-14)16-11-29-33(12-16)18-3-4-18/h10-12,14-15,17-18,21H,3-9H2,1-2H3. The van der Waals surface area contributed by atoms with Crippen LogP contribution in [-0.2, 0) is 11.8 Å². The molecule has 3 aromatic heterocycles. The van der Waals surface area contributed by atoms with E-state index >= 15 is 0 Å². The molecule has 0 aromatic carbocycles. The van der Waals surface area contributed by atoms with Crippen molar-refractivity contribution in [2.75, 3.05) is 6.61 Å². The number of rotatable bonds is 4. The average Bonchev–Trinajstić information content (AvgIpc) is 3.51. The zero-order valence-corrected chi connectivity index (χ0v) is 19.8. The Balaban J connectivity index is 1.35. The highest BCUT2D eigenvalue weighted by atomic mass is 19.4. The summed E-state index contributed by atoms with van der Waals surface area (Å²) in [7, 11) is 1.63. The largest absolute Gasteiger partial charge is 0.391 e. The van der Waals surface area contributed by atoms with Gasteiger partial charge < -0.3 is 4.74 Å². The predicted molar refractivity (Wildman–Crippen MR) is 122 cm³/mol. The lowest BCUT2D eigenvalue weighted by molar-refractivity contribution is -0.197. The molecule has 2 saturated carbocycles. The first kappa shape index (κ1) is 22.7. The second kappa shape index (κ2) is 8.15. The second-order valence-corrected chi connectivity index (χ2v) is 10.3. The summed E-state index contributed by atoms with van der Waals surface area (Å²) in [6.45, 7) is 2.29. The molecule has 186 valence electrons. The van der Waals surface area contributed by atoms with Gasteiger partial charge >= 0.3 is 6.18 Å². The molecule has 0 spiro atoms. The van der Waals surface area contributed by atoms with Crippen LogP contribution in [0.3, 0.4) is 0 Å². The summed E-state index contributed by atoms with van der Waals surface area (Å²) in [5.41, 5.74) is 2.55. The first-order valence-electron chi connectivity index (χ1n) is 12.3. The molecule has 3 aromatic rings. The molecular weight excluding hydrogens is 459 g/mol. The van der Waals surface area contributed by atoms with E-state index in [1.54, 1.807) is 14.0 Å². The van der Waals surface area contributed by atoms with E-state index in [0.29, 0.717) is 41.5 Å². The minimum atomic E-state index is -4.21. The van der Waals surface area contributed by atoms with Crippen LogP contribution in [0.5, 0.6) is 0 Å². The molecule has 0 N–H and O–H groups in total. The summed E-state index contributed by atoms with van der Waals surface area (Å²) in [4.78, 5) is 22.4. The van der Waals surface area contributed by atoms with Gasteiger partial charge in [-0.25, -0.2) is 9.97 Å². The molecule has 0 radical (unpaired) electrons. The van der Waals surface area contributed by atoms with Crippen molar-refractivity contribution in [2.24, 2.45) is 13.0 Å². The molecule has 0 amide bonds. The van der Waals surface area contributed by atoms with Gasteiger partial charge in [0.25, 0.3) is 5.56 Å². The minimum absolute atomic E-state index is 0.00413. The molecule has 3 fully saturated rings. The van der Waals surface area contributed by atoms with E-state index < -0.39 is 12.1 Å². The first-order valence-corrected chi connectivity index (χ1v) is 12.3. The molecule has 2 aliphatic carbocycles. The monoisotopic (exact) mass is 487 g/mol. The van der Waals surface area contributed by atoms with Gasteiger partial charge in [0.15, 0.2) is 5.65 Å². The van der Waals surface area contributed by atoms with Gasteiger partial charge in [0.1, 0.15) is 5.82 Å². The predicted octanol–water partition coefficient (Wildman–Crippen LogP) is 4.86. The molecule has 7 nitrogen and oxygen atoms in total. The fourth-order valence-corrected chi connectivity index (χ4v) is 5.44. The van der Waals surface area contributed by atoms with Crippen LogP contribution < -0.4 is 5.56 Å². The van der Waals surface area contributed by atoms with Crippen molar-refractivity contribution in [1.29, 1.82) is 0 Å². The number of aromatic nitrogens is 5. The summed E-state index contributed by atoms with van der Waals surface area (Å²) in [5.74, 6) is -1.06. The summed E-state index contributed by atoms with van der Waals surface area (Å²) in [6, 6.07) is 2.37. The lowest BCUT2D eigenvalue weighted by Gasteiger charge is -2.37. The van der Waals surface area contributed by atoms with E-state index in [9.17, 15) is 18.0 Å². The minimum Gasteiger partial charge on any atom is -0.373 e. The number of halogens is 3. The van der Waals surface area contributed by atoms with Crippen molar-refractivity contribution in [1.82, 2.24) is 24.3 Å². The van der Waals surface area contributed by atoms with E-state index in [1.165, 1.54) is 4.57 Å². The van der Waals surface area contributed by atoms with Gasteiger partial charge in [-0.1, -0.05) is 0 Å². The van der Waals surface area contributed by atoms with Crippen LogP contribution in [0.25, 0.3) is 11.0 Å². The molecule has 0 bridgehead atoms. The van der Waals surface area contributed by atoms with E-state index in [0.717, 1.165) is 30.5 Å². The van der Waals surface area contributed by atoms with Gasteiger partial charge in [0.2, 0.25) is 0 Å². The number of alkyl halides is 3. The Morgan fingerprint density at radius 3 is 2.57 bits per heavy atom. The number of nitrogens with zero attached hydrogens (tertiary/aromatic N) is 5. The van der Waals surface area contributed by atoms with Crippen LogP contribution in [0.15, 0.2) is 23.3 Å². The summed E-state index contributed by atoms with van der Waals surface area (Å²) >= 11 is 0. The molecule has 4 heterocycles. The normalized spacial score (nSPS) is 27.2. The smallest absolute Gasteiger partial charge is 0.373 e. The van der Waals surface area contributed by atoms with Crippen LogP contribution in [0, 0.1) is 12.8 Å². The first-order chi connectivity index (χ1) is 16.7. The third-order valence-electron chi connectivity index (χ3n) is 7.98. The van der Waals surface area contributed by atoms with Gasteiger partial charge in [-0.2, -0.15) is 18.3 Å². The van der Waals surface area contributed by atoms with E-state index in [2.05, 4.69) is 16.3 Å². The maximum absolute atomic E-state index is 13.2. The number of hydrogen-bond acceptors (Lipinski definition) is 5. The molecule has 3 aliphatic rings. The lowest BCUT2D eigenvalue weighted by atomic mass is 9.70. The molecule has 35 heavy (non-hydrogen) atoms. The Morgan fingerprint density at radius 2 is 1.86 bits per heavy atom. The van der Waals surface area contributed by atoms with Crippen molar-refractivity contribution in [3.05, 3.63) is 51.5 Å². The molecule has 2 unspecified atom stereocenters. The Labute approximate surface area is 200 Å². The van der Waals surface area contributed by atoms with Crippen LogP contribution in [0.1, 0.15) is 85.2 Å². The van der Waals surface area contributed by atoms with Crippen molar-refractivity contribution in [3.63, 3.8) is 0 Å². The average molecular weight is 488 g/mol. The Kier molecular flexibility index (Phi) is 5.28. The van der Waals surface area contributed by atoms with Gasteiger partial charge in [-0.3, -0.25) is 14.0 Å². The number of ether oxygens (including phenoxy) is 1. The van der Waals surface area contributed by atoms with Crippen molar-refractivity contribution in [3.8, 4) is 0 Å². The quantitative estimate of drug-likeness (QED) is 0.526. The highest BCUT2D eigenvalue weighted by Crippen LogP contribution is 2.51. The fraction of sp³-hybridized carbons (Fsp3) is 0.600. The van der Waals surface area contributed by atoms with E-state index in [-0.39, 0.29) is 36.3 Å². The number of pyridine rings is 1. The summed E-state index contributed by atoms with van der Waals surface area (Å²) < 4.78 is 49.2. The Morgan fingerprint density at radius 1 is 1.09 bits per heavy atom. The zero-order chi connectivity index (χ0) is 24.5. The SMILES string of the molecule is Cc1nc2nc(C3CCOC(c4cnn(C5CC5)c4)C3)cc(C3CC(C(F)(F)F)C3)c2c(=O)n1C. The van der Waals surface area contributed by atoms with Gasteiger partial charge in [0, 0.05) is 37.0 Å². The van der Waals surface area contributed by atoms with Crippen LogP contribution in [-0.4, -0.2) is 37.1 Å². The van der Waals surface area contributed by atoms with Gasteiger partial charge in [-0.05, 0) is 63.0 Å². The van der Waals surface area contributed by atoms with Gasteiger partial charge in [-0.15, -0.1) is 0 Å². The Hall–Kier alpha value is -2.75. The number of aryl methyl sites for hydroxylation is 1. The van der Waals surface area contributed by atoms with Crippen molar-refractivity contribution < 1.29 is 17.9 Å². The third-order valence-corrected chi connectivity index (χ3v) is 7.98. The summed E-state index contributed by atoms with van der Waals surface area (Å²) in [6.07, 6.45) is 3.36. The highest BCUT2D eigenvalue weighted by Gasteiger charge is 2.48. The van der Waals surface area contributed by atoms with Crippen molar-refractivity contribution >= 4 is 11.0 Å². The number of hydrogen-bond donors (Lipinski definition) is 0. The highest BCUT2D eigenvalue weighted by molar-refractivity contribution is 5.79. The Bertz CT molecular complexity index is 1340. The van der Waals surface area contributed by atoms with Crippen LogP contribution in [0.4, 0.5) is 13.2 Å². The van der Waals surface area contributed by atoms with E-state index in [1.807, 2.05) is 16.9 Å². The topological polar surface area (TPSA) is 74.8 Å². The summed E-state index contributed by atoms with van der Waals surface area (Å²) in [5, 5.41) is 4.83. The lowest BCUT2D eigenvalue weighted by Crippen LogP contribution is -2.35. The molecule has 1 aliphatic heterocycles. The number of fused-ring (bicyclic) bond motifs is 1. The zero-order valence-electron chi connectivity index (χ0n) is 19.8.